The highest BCUT2D eigenvalue weighted by Gasteiger charge is 2.29. The Bertz CT molecular complexity index is 834. The van der Waals surface area contributed by atoms with Crippen LogP contribution in [0.15, 0.2) is 30.3 Å². The van der Waals surface area contributed by atoms with E-state index >= 15 is 0 Å². The van der Waals surface area contributed by atoms with Gasteiger partial charge in [-0.1, -0.05) is 30.3 Å². The van der Waals surface area contributed by atoms with E-state index in [0.29, 0.717) is 19.4 Å². The third-order valence-electron chi connectivity index (χ3n) is 4.96. The van der Waals surface area contributed by atoms with Crippen LogP contribution in [0.1, 0.15) is 37.7 Å². The standard InChI is InChI=1S/C22H33N5O7/c23-11-5-4-8-15(20(31)27-16(22(33)34)9-10-19(29)30)26-21(32)17(25-18(28)13-24)12-14-6-2-1-3-7-14/h1-3,6-7,15-17H,4-5,8-13,23-24H2,(H,25,28)(H,26,32)(H,27,31)(H,29,30)(H,33,34). The maximum Gasteiger partial charge on any atom is 0.326 e. The molecule has 0 spiro atoms. The predicted molar refractivity (Wildman–Crippen MR) is 122 cm³/mol. The Morgan fingerprint density at radius 2 is 1.41 bits per heavy atom. The molecule has 0 radical (unpaired) electrons. The summed E-state index contributed by atoms with van der Waals surface area (Å²) in [5.41, 5.74) is 11.6. The summed E-state index contributed by atoms with van der Waals surface area (Å²) >= 11 is 0. The SMILES string of the molecule is NCCCCC(NC(=O)C(Cc1ccccc1)NC(=O)CN)C(=O)NC(CCC(=O)O)C(=O)O. The number of unbranched alkanes of at least 4 members (excludes halogenated alkanes) is 1. The van der Waals surface area contributed by atoms with Gasteiger partial charge >= 0.3 is 11.9 Å². The third-order valence-corrected chi connectivity index (χ3v) is 4.96. The molecule has 9 N–H and O–H groups in total. The molecule has 3 unspecified atom stereocenters. The largest absolute Gasteiger partial charge is 0.481 e. The highest BCUT2D eigenvalue weighted by Crippen LogP contribution is 2.07. The van der Waals surface area contributed by atoms with Gasteiger partial charge in [-0.2, -0.15) is 0 Å². The number of nitrogens with one attached hydrogen (secondary N) is 3. The molecule has 12 heteroatoms. The van der Waals surface area contributed by atoms with E-state index in [1.165, 1.54) is 0 Å². The zero-order valence-electron chi connectivity index (χ0n) is 18.9. The molecule has 188 valence electrons. The third kappa shape index (κ3) is 10.9. The number of rotatable bonds is 16. The zero-order chi connectivity index (χ0) is 25.5. The normalized spacial score (nSPS) is 13.2. The summed E-state index contributed by atoms with van der Waals surface area (Å²) in [7, 11) is 0. The van der Waals surface area contributed by atoms with Crippen molar-refractivity contribution in [2.24, 2.45) is 11.5 Å². The topological polar surface area (TPSA) is 214 Å². The number of nitrogens with two attached hydrogens (primary N) is 2. The second-order valence-electron chi connectivity index (χ2n) is 7.69. The van der Waals surface area contributed by atoms with Crippen LogP contribution in [0.25, 0.3) is 0 Å². The van der Waals surface area contributed by atoms with Crippen molar-refractivity contribution >= 4 is 29.7 Å². The van der Waals surface area contributed by atoms with Crippen molar-refractivity contribution < 1.29 is 34.2 Å². The van der Waals surface area contributed by atoms with Crippen molar-refractivity contribution in [3.63, 3.8) is 0 Å². The van der Waals surface area contributed by atoms with Crippen LogP contribution in [0.5, 0.6) is 0 Å². The van der Waals surface area contributed by atoms with Gasteiger partial charge in [-0.3, -0.25) is 19.2 Å². The van der Waals surface area contributed by atoms with E-state index in [2.05, 4.69) is 16.0 Å². The minimum atomic E-state index is -1.44. The molecule has 0 saturated heterocycles. The molecule has 0 aliphatic rings. The van der Waals surface area contributed by atoms with E-state index in [1.54, 1.807) is 30.3 Å². The Labute approximate surface area is 197 Å². The number of benzene rings is 1. The first-order valence-corrected chi connectivity index (χ1v) is 11.0. The number of amides is 3. The fourth-order valence-corrected chi connectivity index (χ4v) is 3.14. The Balaban J connectivity index is 2.99. The van der Waals surface area contributed by atoms with Gasteiger partial charge in [0.15, 0.2) is 0 Å². The first kappa shape index (κ1) is 28.5. The maximum absolute atomic E-state index is 13.0. The Kier molecular flexibility index (Phi) is 12.9. The van der Waals surface area contributed by atoms with E-state index in [4.69, 9.17) is 16.6 Å². The molecule has 1 aromatic carbocycles. The monoisotopic (exact) mass is 479 g/mol. The predicted octanol–water partition coefficient (Wildman–Crippen LogP) is -1.28. The number of hydrogen-bond donors (Lipinski definition) is 7. The highest BCUT2D eigenvalue weighted by molar-refractivity contribution is 5.93. The van der Waals surface area contributed by atoms with Crippen LogP contribution in [0.3, 0.4) is 0 Å². The minimum Gasteiger partial charge on any atom is -0.481 e. The second-order valence-corrected chi connectivity index (χ2v) is 7.69. The van der Waals surface area contributed by atoms with Gasteiger partial charge in [0.2, 0.25) is 17.7 Å². The quantitative estimate of drug-likeness (QED) is 0.140. The van der Waals surface area contributed by atoms with E-state index in [-0.39, 0.29) is 25.8 Å². The fraction of sp³-hybridized carbons (Fsp3) is 0.500. The van der Waals surface area contributed by atoms with Crippen molar-refractivity contribution in [1.82, 2.24) is 16.0 Å². The van der Waals surface area contributed by atoms with Gasteiger partial charge in [0, 0.05) is 12.8 Å². The summed E-state index contributed by atoms with van der Waals surface area (Å²) in [4.78, 5) is 59.9. The number of carbonyl (C=O) groups is 5. The lowest BCUT2D eigenvalue weighted by Crippen LogP contribution is -2.56. The number of carbonyl (C=O) groups excluding carboxylic acids is 3. The van der Waals surface area contributed by atoms with E-state index < -0.39 is 54.2 Å². The Morgan fingerprint density at radius 1 is 0.794 bits per heavy atom. The molecule has 1 rings (SSSR count). The van der Waals surface area contributed by atoms with Crippen molar-refractivity contribution in [1.29, 1.82) is 0 Å². The molecule has 3 atom stereocenters. The van der Waals surface area contributed by atoms with Crippen LogP contribution in [0.4, 0.5) is 0 Å². The van der Waals surface area contributed by atoms with Gasteiger partial charge in [-0.15, -0.1) is 0 Å². The van der Waals surface area contributed by atoms with Crippen LogP contribution in [-0.4, -0.2) is 71.1 Å². The summed E-state index contributed by atoms with van der Waals surface area (Å²) in [5.74, 6) is -4.56. The van der Waals surface area contributed by atoms with E-state index in [0.717, 1.165) is 5.56 Å². The molecule has 0 aromatic heterocycles. The van der Waals surface area contributed by atoms with Gasteiger partial charge in [-0.25, -0.2) is 4.79 Å². The molecule has 0 aliphatic heterocycles. The fourth-order valence-electron chi connectivity index (χ4n) is 3.14. The van der Waals surface area contributed by atoms with Crippen molar-refractivity contribution in [2.75, 3.05) is 13.1 Å². The van der Waals surface area contributed by atoms with Gasteiger partial charge in [0.25, 0.3) is 0 Å². The summed E-state index contributed by atoms with van der Waals surface area (Å²) in [5, 5.41) is 25.5. The number of carboxylic acid groups (broad SMARTS) is 2. The van der Waals surface area contributed by atoms with Crippen molar-refractivity contribution in [3.8, 4) is 0 Å². The lowest BCUT2D eigenvalue weighted by molar-refractivity contribution is -0.143. The first-order chi connectivity index (χ1) is 16.2. The van der Waals surface area contributed by atoms with Gasteiger partial charge < -0.3 is 37.6 Å². The smallest absolute Gasteiger partial charge is 0.326 e. The molecule has 0 aliphatic carbocycles. The molecule has 1 aromatic rings. The van der Waals surface area contributed by atoms with Crippen LogP contribution in [0.2, 0.25) is 0 Å². The molecule has 0 saturated carbocycles. The summed E-state index contributed by atoms with van der Waals surface area (Å²) in [6.45, 7) is 0.0324. The number of aliphatic carboxylic acids is 2. The second kappa shape index (κ2) is 15.3. The zero-order valence-corrected chi connectivity index (χ0v) is 18.9. The molecule has 0 bridgehead atoms. The Hall–Kier alpha value is -3.51. The van der Waals surface area contributed by atoms with Crippen molar-refractivity contribution in [3.05, 3.63) is 35.9 Å². The average molecular weight is 480 g/mol. The van der Waals surface area contributed by atoms with E-state index in [1.807, 2.05) is 0 Å². The van der Waals surface area contributed by atoms with Gasteiger partial charge in [0.1, 0.15) is 18.1 Å². The summed E-state index contributed by atoms with van der Waals surface area (Å²) in [6, 6.07) is 5.35. The summed E-state index contributed by atoms with van der Waals surface area (Å²) < 4.78 is 0. The molecule has 0 fully saturated rings. The number of carboxylic acids is 2. The molecule has 12 nitrogen and oxygen atoms in total. The summed E-state index contributed by atoms with van der Waals surface area (Å²) in [6.07, 6.45) is 0.586. The molecule has 34 heavy (non-hydrogen) atoms. The Morgan fingerprint density at radius 3 is 1.97 bits per heavy atom. The molecular weight excluding hydrogens is 446 g/mol. The average Bonchev–Trinajstić information content (AvgIpc) is 2.80. The van der Waals surface area contributed by atoms with Crippen LogP contribution in [0, 0.1) is 0 Å². The van der Waals surface area contributed by atoms with Crippen molar-refractivity contribution in [2.45, 2.75) is 56.7 Å². The lowest BCUT2D eigenvalue weighted by Gasteiger charge is -2.24. The molecule has 0 heterocycles. The minimum absolute atomic E-state index is 0.145. The molecular formula is C22H33N5O7. The lowest BCUT2D eigenvalue weighted by atomic mass is 10.0. The van der Waals surface area contributed by atoms with Crippen LogP contribution < -0.4 is 27.4 Å². The van der Waals surface area contributed by atoms with Crippen LogP contribution >= 0.6 is 0 Å². The first-order valence-electron chi connectivity index (χ1n) is 11.0. The van der Waals surface area contributed by atoms with Gasteiger partial charge in [-0.05, 0) is 37.8 Å². The van der Waals surface area contributed by atoms with Gasteiger partial charge in [0.05, 0.1) is 6.54 Å². The number of hydrogen-bond acceptors (Lipinski definition) is 7. The van der Waals surface area contributed by atoms with Crippen LogP contribution in [-0.2, 0) is 30.4 Å². The van der Waals surface area contributed by atoms with E-state index in [9.17, 15) is 29.1 Å². The molecule has 3 amide bonds. The maximum atomic E-state index is 13.0. The highest BCUT2D eigenvalue weighted by atomic mass is 16.4.